The van der Waals surface area contributed by atoms with E-state index in [2.05, 4.69) is 26.0 Å². The van der Waals surface area contributed by atoms with E-state index in [0.29, 0.717) is 5.92 Å². The second kappa shape index (κ2) is 4.91. The molecule has 0 fully saturated rings. The largest absolute Gasteiger partial charge is 0.480 e. The standard InChI is InChI=1S/C13H18O2S/c1-9(2)10-6-5-7-11(8-10)16-13(3,4)12(14)15/h5-9H,1-4H3,(H,14,15). The molecule has 0 amide bonds. The van der Waals surface area contributed by atoms with Gasteiger partial charge in [-0.25, -0.2) is 0 Å². The fourth-order valence-corrected chi connectivity index (χ4v) is 2.29. The SMILES string of the molecule is CC(C)c1cccc(SC(C)(C)C(=O)O)c1. The number of carboxylic acid groups (broad SMARTS) is 1. The highest BCUT2D eigenvalue weighted by Gasteiger charge is 2.28. The van der Waals surface area contributed by atoms with Crippen LogP contribution < -0.4 is 0 Å². The summed E-state index contributed by atoms with van der Waals surface area (Å²) in [5.41, 5.74) is 1.24. The minimum absolute atomic E-state index is 0.466. The molecule has 1 aromatic rings. The molecule has 3 heteroatoms. The Labute approximate surface area is 101 Å². The normalized spacial score (nSPS) is 11.8. The van der Waals surface area contributed by atoms with Crippen molar-refractivity contribution in [1.82, 2.24) is 0 Å². The molecule has 0 saturated carbocycles. The van der Waals surface area contributed by atoms with Gasteiger partial charge in [0.05, 0.1) is 0 Å². The first-order valence-corrected chi connectivity index (χ1v) is 6.17. The summed E-state index contributed by atoms with van der Waals surface area (Å²) >= 11 is 1.39. The van der Waals surface area contributed by atoms with Crippen molar-refractivity contribution in [2.75, 3.05) is 0 Å². The van der Waals surface area contributed by atoms with Gasteiger partial charge in [-0.2, -0.15) is 0 Å². The molecule has 1 rings (SSSR count). The zero-order valence-electron chi connectivity index (χ0n) is 10.2. The predicted octanol–water partition coefficient (Wildman–Crippen LogP) is 3.77. The third-order valence-electron chi connectivity index (χ3n) is 2.41. The number of carboxylic acids is 1. The third kappa shape index (κ3) is 3.27. The first-order valence-electron chi connectivity index (χ1n) is 5.35. The number of hydrogen-bond acceptors (Lipinski definition) is 2. The van der Waals surface area contributed by atoms with Crippen molar-refractivity contribution in [3.8, 4) is 0 Å². The van der Waals surface area contributed by atoms with E-state index in [-0.39, 0.29) is 0 Å². The van der Waals surface area contributed by atoms with E-state index in [9.17, 15) is 4.79 Å². The third-order valence-corrected chi connectivity index (χ3v) is 3.59. The Kier molecular flexibility index (Phi) is 4.03. The Balaban J connectivity index is 2.90. The van der Waals surface area contributed by atoms with Crippen molar-refractivity contribution in [3.63, 3.8) is 0 Å². The Bertz CT molecular complexity index is 383. The molecule has 0 aromatic heterocycles. The maximum absolute atomic E-state index is 11.0. The summed E-state index contributed by atoms with van der Waals surface area (Å²) in [7, 11) is 0. The van der Waals surface area contributed by atoms with Gasteiger partial charge < -0.3 is 5.11 Å². The minimum atomic E-state index is -0.785. The van der Waals surface area contributed by atoms with Gasteiger partial charge in [0.2, 0.25) is 0 Å². The van der Waals surface area contributed by atoms with Crippen LogP contribution in [0.4, 0.5) is 0 Å². The summed E-state index contributed by atoms with van der Waals surface area (Å²) in [6.45, 7) is 7.71. The minimum Gasteiger partial charge on any atom is -0.480 e. The molecule has 1 aromatic carbocycles. The smallest absolute Gasteiger partial charge is 0.319 e. The van der Waals surface area contributed by atoms with E-state index < -0.39 is 10.7 Å². The number of carbonyl (C=O) groups is 1. The fraction of sp³-hybridized carbons (Fsp3) is 0.462. The summed E-state index contributed by atoms with van der Waals surface area (Å²) < 4.78 is -0.782. The van der Waals surface area contributed by atoms with Crippen LogP contribution in [0.5, 0.6) is 0 Å². The predicted molar refractivity (Wildman–Crippen MR) is 68.1 cm³/mol. The monoisotopic (exact) mass is 238 g/mol. The van der Waals surface area contributed by atoms with Crippen LogP contribution in [0.25, 0.3) is 0 Å². The number of aliphatic carboxylic acids is 1. The van der Waals surface area contributed by atoms with Crippen LogP contribution in [0.3, 0.4) is 0 Å². The molecule has 0 radical (unpaired) electrons. The van der Waals surface area contributed by atoms with Crippen molar-refractivity contribution >= 4 is 17.7 Å². The molecule has 0 aliphatic heterocycles. The lowest BCUT2D eigenvalue weighted by Gasteiger charge is -2.19. The first kappa shape index (κ1) is 13.1. The molecular weight excluding hydrogens is 220 g/mol. The van der Waals surface area contributed by atoms with Crippen molar-refractivity contribution in [2.24, 2.45) is 0 Å². The van der Waals surface area contributed by atoms with E-state index in [1.165, 1.54) is 17.3 Å². The van der Waals surface area contributed by atoms with Crippen molar-refractivity contribution in [2.45, 2.75) is 43.3 Å². The van der Waals surface area contributed by atoms with E-state index in [4.69, 9.17) is 5.11 Å². The molecule has 16 heavy (non-hydrogen) atoms. The maximum Gasteiger partial charge on any atom is 0.319 e. The first-order chi connectivity index (χ1) is 7.33. The van der Waals surface area contributed by atoms with Gasteiger partial charge in [-0.05, 0) is 37.5 Å². The highest BCUT2D eigenvalue weighted by atomic mass is 32.2. The van der Waals surface area contributed by atoms with Gasteiger partial charge in [-0.3, -0.25) is 4.79 Å². The van der Waals surface area contributed by atoms with E-state index >= 15 is 0 Å². The molecule has 0 heterocycles. The topological polar surface area (TPSA) is 37.3 Å². The van der Waals surface area contributed by atoms with E-state index in [0.717, 1.165) is 4.90 Å². The summed E-state index contributed by atoms with van der Waals surface area (Å²) in [4.78, 5) is 12.0. The average molecular weight is 238 g/mol. The lowest BCUT2D eigenvalue weighted by Crippen LogP contribution is -2.26. The zero-order chi connectivity index (χ0) is 12.3. The molecule has 88 valence electrons. The average Bonchev–Trinajstić information content (AvgIpc) is 2.17. The molecule has 0 bridgehead atoms. The van der Waals surface area contributed by atoms with Crippen molar-refractivity contribution in [3.05, 3.63) is 29.8 Å². The van der Waals surface area contributed by atoms with Gasteiger partial charge in [0, 0.05) is 4.90 Å². The lowest BCUT2D eigenvalue weighted by atomic mass is 10.0. The summed E-state index contributed by atoms with van der Waals surface area (Å²) in [5, 5.41) is 9.06. The number of thioether (sulfide) groups is 1. The number of benzene rings is 1. The zero-order valence-corrected chi connectivity index (χ0v) is 11.0. The molecule has 0 atom stereocenters. The molecule has 0 spiro atoms. The van der Waals surface area contributed by atoms with Crippen LogP contribution >= 0.6 is 11.8 Å². The number of hydrogen-bond donors (Lipinski definition) is 1. The molecule has 0 saturated heterocycles. The van der Waals surface area contributed by atoms with Crippen LogP contribution in [-0.4, -0.2) is 15.8 Å². The van der Waals surface area contributed by atoms with E-state index in [1.807, 2.05) is 12.1 Å². The maximum atomic E-state index is 11.0. The number of rotatable bonds is 4. The van der Waals surface area contributed by atoms with Crippen LogP contribution in [0.15, 0.2) is 29.2 Å². The highest BCUT2D eigenvalue weighted by molar-refractivity contribution is 8.01. The molecular formula is C13H18O2S. The molecule has 0 aliphatic rings. The highest BCUT2D eigenvalue weighted by Crippen LogP contribution is 2.33. The van der Waals surface area contributed by atoms with Crippen LogP contribution in [0, 0.1) is 0 Å². The summed E-state index contributed by atoms with van der Waals surface area (Å²) in [6, 6.07) is 8.08. The second-order valence-corrected chi connectivity index (χ2v) is 6.34. The molecule has 0 aliphatic carbocycles. The van der Waals surface area contributed by atoms with Crippen LogP contribution in [0.1, 0.15) is 39.2 Å². The molecule has 0 unspecified atom stereocenters. The summed E-state index contributed by atoms with van der Waals surface area (Å²) in [6.07, 6.45) is 0. The van der Waals surface area contributed by atoms with Gasteiger partial charge in [-0.1, -0.05) is 26.0 Å². The fourth-order valence-electron chi connectivity index (χ4n) is 1.28. The van der Waals surface area contributed by atoms with Gasteiger partial charge >= 0.3 is 5.97 Å². The van der Waals surface area contributed by atoms with E-state index in [1.54, 1.807) is 13.8 Å². The Morgan fingerprint density at radius 1 is 1.38 bits per heavy atom. The lowest BCUT2D eigenvalue weighted by molar-refractivity contribution is -0.138. The van der Waals surface area contributed by atoms with Gasteiger partial charge in [-0.15, -0.1) is 11.8 Å². The van der Waals surface area contributed by atoms with Crippen molar-refractivity contribution in [1.29, 1.82) is 0 Å². The Hall–Kier alpha value is -0.960. The molecule has 2 nitrogen and oxygen atoms in total. The van der Waals surface area contributed by atoms with Gasteiger partial charge in [0.15, 0.2) is 0 Å². The van der Waals surface area contributed by atoms with Crippen LogP contribution in [-0.2, 0) is 4.79 Å². The second-order valence-electron chi connectivity index (χ2n) is 4.64. The quantitative estimate of drug-likeness (QED) is 0.811. The Morgan fingerprint density at radius 2 is 2.00 bits per heavy atom. The van der Waals surface area contributed by atoms with Crippen LogP contribution in [0.2, 0.25) is 0 Å². The van der Waals surface area contributed by atoms with Crippen molar-refractivity contribution < 1.29 is 9.90 Å². The molecule has 1 N–H and O–H groups in total. The summed E-state index contributed by atoms with van der Waals surface area (Å²) in [5.74, 6) is -0.319. The van der Waals surface area contributed by atoms with Gasteiger partial charge in [0.1, 0.15) is 4.75 Å². The van der Waals surface area contributed by atoms with Gasteiger partial charge in [0.25, 0.3) is 0 Å². The Morgan fingerprint density at radius 3 is 2.50 bits per heavy atom.